The van der Waals surface area contributed by atoms with Crippen molar-refractivity contribution in [3.05, 3.63) is 35.6 Å². The van der Waals surface area contributed by atoms with E-state index in [1.165, 1.54) is 10.9 Å². The zero-order chi connectivity index (χ0) is 13.2. The van der Waals surface area contributed by atoms with Gasteiger partial charge in [0, 0.05) is 23.0 Å². The number of hydrogen-bond acceptors (Lipinski definition) is 2. The van der Waals surface area contributed by atoms with Crippen LogP contribution in [0.4, 0.5) is 0 Å². The van der Waals surface area contributed by atoms with Crippen LogP contribution in [0.3, 0.4) is 0 Å². The molecule has 0 bridgehead atoms. The van der Waals surface area contributed by atoms with E-state index < -0.39 is 0 Å². The molecule has 1 aromatic heterocycles. The zero-order valence-corrected chi connectivity index (χ0v) is 11.8. The van der Waals surface area contributed by atoms with Crippen LogP contribution in [0.15, 0.2) is 28.7 Å². The van der Waals surface area contributed by atoms with E-state index in [1.807, 2.05) is 19.1 Å². The average Bonchev–Trinajstić information content (AvgIpc) is 2.72. The molecule has 18 heavy (non-hydrogen) atoms. The maximum Gasteiger partial charge on any atom is 0.134 e. The Hall–Kier alpha value is -1.28. The zero-order valence-electron chi connectivity index (χ0n) is 11.8. The van der Waals surface area contributed by atoms with Crippen molar-refractivity contribution in [2.75, 3.05) is 0 Å². The summed E-state index contributed by atoms with van der Waals surface area (Å²) in [7, 11) is 0. The van der Waals surface area contributed by atoms with Gasteiger partial charge in [-0.2, -0.15) is 0 Å². The van der Waals surface area contributed by atoms with Gasteiger partial charge in [-0.05, 0) is 32.8 Å². The predicted octanol–water partition coefficient (Wildman–Crippen LogP) is 4.41. The number of para-hydroxylation sites is 1. The van der Waals surface area contributed by atoms with Gasteiger partial charge in [0.05, 0.1) is 0 Å². The standard InChI is InChI=1S/C16H23NO/c1-5-16(4,6-2)17-11-14-12(3)18-15-10-8-7-9-13(14)15/h7-10,17H,5-6,11H2,1-4H3. The minimum Gasteiger partial charge on any atom is -0.461 e. The molecule has 0 saturated heterocycles. The molecule has 1 heterocycles. The van der Waals surface area contributed by atoms with E-state index >= 15 is 0 Å². The highest BCUT2D eigenvalue weighted by molar-refractivity contribution is 5.82. The number of fused-ring (bicyclic) bond motifs is 1. The van der Waals surface area contributed by atoms with Gasteiger partial charge in [0.25, 0.3) is 0 Å². The first-order valence-corrected chi connectivity index (χ1v) is 6.81. The van der Waals surface area contributed by atoms with Crippen molar-refractivity contribution in [3.63, 3.8) is 0 Å². The number of rotatable bonds is 5. The summed E-state index contributed by atoms with van der Waals surface area (Å²) in [6, 6.07) is 8.26. The highest BCUT2D eigenvalue weighted by atomic mass is 16.3. The molecule has 1 N–H and O–H groups in total. The minimum absolute atomic E-state index is 0.213. The molecule has 0 saturated carbocycles. The number of hydrogen-bond donors (Lipinski definition) is 1. The summed E-state index contributed by atoms with van der Waals surface area (Å²) in [5, 5.41) is 4.90. The lowest BCUT2D eigenvalue weighted by atomic mass is 9.95. The Morgan fingerprint density at radius 3 is 2.50 bits per heavy atom. The quantitative estimate of drug-likeness (QED) is 0.844. The average molecular weight is 245 g/mol. The van der Waals surface area contributed by atoms with Gasteiger partial charge in [-0.3, -0.25) is 0 Å². The second-order valence-electron chi connectivity index (χ2n) is 5.25. The lowest BCUT2D eigenvalue weighted by Crippen LogP contribution is -2.40. The van der Waals surface area contributed by atoms with Crippen LogP contribution in [0, 0.1) is 6.92 Å². The van der Waals surface area contributed by atoms with Crippen molar-refractivity contribution in [1.29, 1.82) is 0 Å². The lowest BCUT2D eigenvalue weighted by Gasteiger charge is -2.28. The Labute approximate surface area is 109 Å². The van der Waals surface area contributed by atoms with Crippen LogP contribution < -0.4 is 5.32 Å². The van der Waals surface area contributed by atoms with Gasteiger partial charge in [0.2, 0.25) is 0 Å². The monoisotopic (exact) mass is 245 g/mol. The molecule has 0 atom stereocenters. The summed E-state index contributed by atoms with van der Waals surface area (Å²) in [6.45, 7) is 9.67. The molecule has 2 rings (SSSR count). The molecular weight excluding hydrogens is 222 g/mol. The van der Waals surface area contributed by atoms with Gasteiger partial charge in [-0.1, -0.05) is 32.0 Å². The van der Waals surface area contributed by atoms with Gasteiger partial charge in [0.15, 0.2) is 0 Å². The first-order chi connectivity index (χ1) is 8.59. The molecule has 0 aliphatic heterocycles. The van der Waals surface area contributed by atoms with Crippen LogP contribution in [0.1, 0.15) is 44.9 Å². The third kappa shape index (κ3) is 2.44. The fourth-order valence-electron chi connectivity index (χ4n) is 2.24. The van der Waals surface area contributed by atoms with Crippen LogP contribution >= 0.6 is 0 Å². The Balaban J connectivity index is 2.24. The summed E-state index contributed by atoms with van der Waals surface area (Å²) in [6.07, 6.45) is 2.27. The number of furan rings is 1. The predicted molar refractivity (Wildman–Crippen MR) is 76.8 cm³/mol. The Morgan fingerprint density at radius 2 is 1.83 bits per heavy atom. The third-order valence-electron chi connectivity index (χ3n) is 4.15. The Bertz CT molecular complexity index is 523. The molecule has 0 fully saturated rings. The number of benzene rings is 1. The van der Waals surface area contributed by atoms with E-state index in [-0.39, 0.29) is 5.54 Å². The molecule has 0 spiro atoms. The summed E-state index contributed by atoms with van der Waals surface area (Å²) in [5.41, 5.74) is 2.49. The maximum absolute atomic E-state index is 5.79. The fourth-order valence-corrected chi connectivity index (χ4v) is 2.24. The molecule has 2 nitrogen and oxygen atoms in total. The third-order valence-corrected chi connectivity index (χ3v) is 4.15. The molecule has 2 aromatic rings. The number of aryl methyl sites for hydroxylation is 1. The van der Waals surface area contributed by atoms with Crippen molar-refractivity contribution < 1.29 is 4.42 Å². The van der Waals surface area contributed by atoms with Crippen LogP contribution in [-0.2, 0) is 6.54 Å². The van der Waals surface area contributed by atoms with Crippen LogP contribution in [-0.4, -0.2) is 5.54 Å². The SMILES string of the molecule is CCC(C)(CC)NCc1c(C)oc2ccccc12. The summed E-state index contributed by atoms with van der Waals surface area (Å²) >= 11 is 0. The Morgan fingerprint density at radius 1 is 1.17 bits per heavy atom. The molecule has 0 amide bonds. The molecule has 0 aliphatic carbocycles. The van der Waals surface area contributed by atoms with E-state index in [4.69, 9.17) is 4.42 Å². The van der Waals surface area contributed by atoms with E-state index in [0.717, 1.165) is 30.7 Å². The molecular formula is C16H23NO. The van der Waals surface area contributed by atoms with Crippen LogP contribution in [0.5, 0.6) is 0 Å². The van der Waals surface area contributed by atoms with Crippen molar-refractivity contribution in [2.45, 2.75) is 52.6 Å². The van der Waals surface area contributed by atoms with Crippen LogP contribution in [0.25, 0.3) is 11.0 Å². The van der Waals surface area contributed by atoms with Crippen LogP contribution in [0.2, 0.25) is 0 Å². The van der Waals surface area contributed by atoms with Gasteiger partial charge in [-0.15, -0.1) is 0 Å². The normalized spacial score (nSPS) is 12.2. The van der Waals surface area contributed by atoms with Gasteiger partial charge < -0.3 is 9.73 Å². The highest BCUT2D eigenvalue weighted by Gasteiger charge is 2.20. The van der Waals surface area contributed by atoms with Gasteiger partial charge in [0.1, 0.15) is 11.3 Å². The van der Waals surface area contributed by atoms with Crippen molar-refractivity contribution in [2.24, 2.45) is 0 Å². The lowest BCUT2D eigenvalue weighted by molar-refractivity contribution is 0.328. The molecule has 1 aromatic carbocycles. The van der Waals surface area contributed by atoms with E-state index in [1.54, 1.807) is 0 Å². The second kappa shape index (κ2) is 5.15. The van der Waals surface area contributed by atoms with E-state index in [0.29, 0.717) is 0 Å². The van der Waals surface area contributed by atoms with Gasteiger partial charge in [-0.25, -0.2) is 0 Å². The summed E-state index contributed by atoms with van der Waals surface area (Å²) in [5.74, 6) is 1.03. The smallest absolute Gasteiger partial charge is 0.134 e. The largest absolute Gasteiger partial charge is 0.461 e. The topological polar surface area (TPSA) is 25.2 Å². The fraction of sp³-hybridized carbons (Fsp3) is 0.500. The van der Waals surface area contributed by atoms with Crippen molar-refractivity contribution in [1.82, 2.24) is 5.32 Å². The highest BCUT2D eigenvalue weighted by Crippen LogP contribution is 2.26. The molecule has 2 heteroatoms. The van der Waals surface area contributed by atoms with Gasteiger partial charge >= 0.3 is 0 Å². The summed E-state index contributed by atoms with van der Waals surface area (Å²) < 4.78 is 5.79. The molecule has 0 radical (unpaired) electrons. The van der Waals surface area contributed by atoms with E-state index in [2.05, 4.69) is 38.2 Å². The first-order valence-electron chi connectivity index (χ1n) is 6.81. The Kier molecular flexibility index (Phi) is 3.76. The number of nitrogens with one attached hydrogen (secondary N) is 1. The van der Waals surface area contributed by atoms with Crippen molar-refractivity contribution in [3.8, 4) is 0 Å². The molecule has 0 unspecified atom stereocenters. The molecule has 0 aliphatic rings. The summed E-state index contributed by atoms with van der Waals surface area (Å²) in [4.78, 5) is 0. The van der Waals surface area contributed by atoms with E-state index in [9.17, 15) is 0 Å². The van der Waals surface area contributed by atoms with Crippen molar-refractivity contribution >= 4 is 11.0 Å². The molecule has 98 valence electrons. The maximum atomic E-state index is 5.79. The first kappa shape index (κ1) is 13.2. The second-order valence-corrected chi connectivity index (χ2v) is 5.25. The minimum atomic E-state index is 0.213.